The molecule has 7 heteroatoms. The van der Waals surface area contributed by atoms with Gasteiger partial charge >= 0.3 is 0 Å². The SMILES string of the molecule is CNC(c1cc(I)ccc1Br)c1c(Cl)cnn1CCOC. The summed E-state index contributed by atoms with van der Waals surface area (Å²) >= 11 is 12.3. The van der Waals surface area contributed by atoms with Gasteiger partial charge in [0.1, 0.15) is 0 Å². The Bertz CT molecular complexity index is 620. The van der Waals surface area contributed by atoms with Gasteiger partial charge in [0.05, 0.1) is 36.1 Å². The number of nitrogens with zero attached hydrogens (tertiary/aromatic N) is 2. The van der Waals surface area contributed by atoms with E-state index < -0.39 is 0 Å². The Balaban J connectivity index is 2.46. The molecule has 1 N–H and O–H groups in total. The second kappa shape index (κ2) is 7.92. The molecule has 1 aromatic heterocycles. The Morgan fingerprint density at radius 1 is 1.52 bits per heavy atom. The summed E-state index contributed by atoms with van der Waals surface area (Å²) in [4.78, 5) is 0. The molecule has 0 aliphatic carbocycles. The molecule has 0 bridgehead atoms. The lowest BCUT2D eigenvalue weighted by atomic mass is 10.0. The molecule has 114 valence electrons. The summed E-state index contributed by atoms with van der Waals surface area (Å²) in [5.41, 5.74) is 2.07. The maximum atomic E-state index is 6.36. The van der Waals surface area contributed by atoms with Crippen LogP contribution in [0.2, 0.25) is 5.02 Å². The number of hydrogen-bond acceptors (Lipinski definition) is 3. The van der Waals surface area contributed by atoms with Gasteiger partial charge in [-0.2, -0.15) is 5.10 Å². The first-order chi connectivity index (χ1) is 10.1. The molecule has 1 heterocycles. The van der Waals surface area contributed by atoms with Crippen LogP contribution in [-0.2, 0) is 11.3 Å². The first-order valence-electron chi connectivity index (χ1n) is 6.40. The van der Waals surface area contributed by atoms with E-state index in [0.717, 1.165) is 15.7 Å². The lowest BCUT2D eigenvalue weighted by Gasteiger charge is -2.20. The zero-order valence-corrected chi connectivity index (χ0v) is 16.2. The van der Waals surface area contributed by atoms with Crippen molar-refractivity contribution < 1.29 is 4.74 Å². The number of halogens is 3. The second-order valence-electron chi connectivity index (χ2n) is 4.48. The van der Waals surface area contributed by atoms with Gasteiger partial charge in [0, 0.05) is 15.2 Å². The van der Waals surface area contributed by atoms with Crippen LogP contribution in [0.4, 0.5) is 0 Å². The third-order valence-electron chi connectivity index (χ3n) is 3.17. The lowest BCUT2D eigenvalue weighted by molar-refractivity contribution is 0.182. The number of rotatable bonds is 6. The minimum absolute atomic E-state index is 0.0408. The first-order valence-corrected chi connectivity index (χ1v) is 8.65. The number of hydrogen-bond donors (Lipinski definition) is 1. The molecule has 2 rings (SSSR count). The van der Waals surface area contributed by atoms with Crippen molar-refractivity contribution in [3.05, 3.63) is 48.7 Å². The van der Waals surface area contributed by atoms with Crippen LogP contribution in [0.1, 0.15) is 17.3 Å². The van der Waals surface area contributed by atoms with Crippen LogP contribution in [0.25, 0.3) is 0 Å². The Morgan fingerprint density at radius 2 is 2.29 bits per heavy atom. The van der Waals surface area contributed by atoms with E-state index in [0.29, 0.717) is 18.2 Å². The van der Waals surface area contributed by atoms with Crippen molar-refractivity contribution in [1.82, 2.24) is 15.1 Å². The molecular weight excluding hydrogens is 468 g/mol. The van der Waals surface area contributed by atoms with Crippen LogP contribution in [0.15, 0.2) is 28.9 Å². The third-order valence-corrected chi connectivity index (χ3v) is 4.86. The Hall–Kier alpha value is -0.150. The lowest BCUT2D eigenvalue weighted by Crippen LogP contribution is -2.23. The quantitative estimate of drug-likeness (QED) is 0.633. The Labute approximate surface area is 151 Å². The fourth-order valence-corrected chi connectivity index (χ4v) is 3.43. The minimum Gasteiger partial charge on any atom is -0.383 e. The zero-order valence-electron chi connectivity index (χ0n) is 11.7. The number of ether oxygens (including phenoxy) is 1. The van der Waals surface area contributed by atoms with Crippen LogP contribution >= 0.6 is 50.1 Å². The van der Waals surface area contributed by atoms with E-state index in [-0.39, 0.29) is 6.04 Å². The monoisotopic (exact) mass is 483 g/mol. The molecule has 1 unspecified atom stereocenters. The van der Waals surface area contributed by atoms with Crippen molar-refractivity contribution in [3.63, 3.8) is 0 Å². The molecule has 2 aromatic rings. The Kier molecular flexibility index (Phi) is 6.49. The fourth-order valence-electron chi connectivity index (χ4n) is 2.19. The summed E-state index contributed by atoms with van der Waals surface area (Å²) < 4.78 is 9.24. The molecule has 0 spiro atoms. The van der Waals surface area contributed by atoms with Gasteiger partial charge in [-0.05, 0) is 53.4 Å². The van der Waals surface area contributed by atoms with E-state index in [1.165, 1.54) is 3.57 Å². The third kappa shape index (κ3) is 3.98. The van der Waals surface area contributed by atoms with Crippen molar-refractivity contribution in [2.45, 2.75) is 12.6 Å². The van der Waals surface area contributed by atoms with E-state index in [1.54, 1.807) is 13.3 Å². The van der Waals surface area contributed by atoms with Crippen LogP contribution in [-0.4, -0.2) is 30.5 Å². The summed E-state index contributed by atoms with van der Waals surface area (Å²) in [5, 5.41) is 8.32. The molecular formula is C14H16BrClIN3O. The molecule has 0 aliphatic rings. The summed E-state index contributed by atoms with van der Waals surface area (Å²) in [6.07, 6.45) is 1.68. The smallest absolute Gasteiger partial charge is 0.0837 e. The normalized spacial score (nSPS) is 12.6. The fraction of sp³-hybridized carbons (Fsp3) is 0.357. The summed E-state index contributed by atoms with van der Waals surface area (Å²) in [6.45, 7) is 1.26. The van der Waals surface area contributed by atoms with Gasteiger partial charge in [0.15, 0.2) is 0 Å². The molecule has 0 fully saturated rings. The molecule has 1 aromatic carbocycles. The highest BCUT2D eigenvalue weighted by Crippen LogP contribution is 2.33. The topological polar surface area (TPSA) is 39.1 Å². The van der Waals surface area contributed by atoms with Gasteiger partial charge in [0.25, 0.3) is 0 Å². The van der Waals surface area contributed by atoms with Gasteiger partial charge in [0.2, 0.25) is 0 Å². The number of methoxy groups -OCH3 is 1. The average Bonchev–Trinajstić information content (AvgIpc) is 2.83. The predicted molar refractivity (Wildman–Crippen MR) is 96.9 cm³/mol. The van der Waals surface area contributed by atoms with Crippen LogP contribution in [0.3, 0.4) is 0 Å². The highest BCUT2D eigenvalue weighted by molar-refractivity contribution is 14.1. The highest BCUT2D eigenvalue weighted by Gasteiger charge is 2.22. The molecule has 1 atom stereocenters. The van der Waals surface area contributed by atoms with E-state index in [4.69, 9.17) is 16.3 Å². The zero-order chi connectivity index (χ0) is 15.4. The van der Waals surface area contributed by atoms with Gasteiger partial charge in [-0.3, -0.25) is 4.68 Å². The van der Waals surface area contributed by atoms with Crippen molar-refractivity contribution in [3.8, 4) is 0 Å². The van der Waals surface area contributed by atoms with E-state index >= 15 is 0 Å². The Morgan fingerprint density at radius 3 is 2.95 bits per heavy atom. The molecule has 0 saturated heterocycles. The number of aromatic nitrogens is 2. The van der Waals surface area contributed by atoms with Crippen molar-refractivity contribution in [2.24, 2.45) is 0 Å². The molecule has 0 saturated carbocycles. The molecule has 0 radical (unpaired) electrons. The van der Waals surface area contributed by atoms with Crippen molar-refractivity contribution >= 4 is 50.1 Å². The van der Waals surface area contributed by atoms with Crippen LogP contribution in [0, 0.1) is 3.57 Å². The van der Waals surface area contributed by atoms with Gasteiger partial charge in [-0.1, -0.05) is 27.5 Å². The molecule has 4 nitrogen and oxygen atoms in total. The van der Waals surface area contributed by atoms with Crippen molar-refractivity contribution in [2.75, 3.05) is 20.8 Å². The molecule has 21 heavy (non-hydrogen) atoms. The van der Waals surface area contributed by atoms with Crippen molar-refractivity contribution in [1.29, 1.82) is 0 Å². The summed E-state index contributed by atoms with van der Waals surface area (Å²) in [5.74, 6) is 0. The molecule has 0 amide bonds. The molecule has 0 aliphatic heterocycles. The first kappa shape index (κ1) is 17.2. The van der Waals surface area contributed by atoms with E-state index in [1.807, 2.05) is 17.8 Å². The maximum Gasteiger partial charge on any atom is 0.0837 e. The standard InChI is InChI=1S/C14H16BrClIN3O/c1-18-13(10-7-9(17)3-4-11(10)15)14-12(16)8-19-20(14)5-6-21-2/h3-4,7-8,13,18H,5-6H2,1-2H3. The highest BCUT2D eigenvalue weighted by atomic mass is 127. The van der Waals surface area contributed by atoms with E-state index in [9.17, 15) is 0 Å². The van der Waals surface area contributed by atoms with Gasteiger partial charge in [-0.25, -0.2) is 0 Å². The summed E-state index contributed by atoms with van der Waals surface area (Å²) in [6, 6.07) is 6.20. The predicted octanol–water partition coefficient (Wildman–Crippen LogP) is 3.86. The van der Waals surface area contributed by atoms with E-state index in [2.05, 4.69) is 61.1 Å². The largest absolute Gasteiger partial charge is 0.383 e. The minimum atomic E-state index is -0.0408. The van der Waals surface area contributed by atoms with Gasteiger partial charge < -0.3 is 10.1 Å². The van der Waals surface area contributed by atoms with Gasteiger partial charge in [-0.15, -0.1) is 0 Å². The number of benzene rings is 1. The summed E-state index contributed by atoms with van der Waals surface area (Å²) in [7, 11) is 3.59. The number of nitrogens with one attached hydrogen (secondary N) is 1. The maximum absolute atomic E-state index is 6.36. The second-order valence-corrected chi connectivity index (χ2v) is 6.99. The average molecular weight is 485 g/mol. The van der Waals surface area contributed by atoms with Crippen LogP contribution in [0.5, 0.6) is 0 Å². The van der Waals surface area contributed by atoms with Crippen LogP contribution < -0.4 is 5.32 Å².